The van der Waals surface area contributed by atoms with Gasteiger partial charge in [-0.25, -0.2) is 4.79 Å². The summed E-state index contributed by atoms with van der Waals surface area (Å²) in [5, 5.41) is 8.47. The molecule has 76 valence electrons. The van der Waals surface area contributed by atoms with Gasteiger partial charge in [-0.3, -0.25) is 0 Å². The molecule has 0 aliphatic heterocycles. The Hall–Kier alpha value is -0.570. The molecule has 0 aromatic rings. The van der Waals surface area contributed by atoms with Crippen LogP contribution in [0.1, 0.15) is 33.1 Å². The number of hydrogen-bond acceptors (Lipinski definition) is 2. The van der Waals surface area contributed by atoms with Crippen molar-refractivity contribution >= 4 is 5.97 Å². The number of hydrogen-bond donors (Lipinski definition) is 1. The van der Waals surface area contributed by atoms with E-state index in [4.69, 9.17) is 9.84 Å². The second-order valence-electron chi connectivity index (χ2n) is 4.01. The molecule has 0 heterocycles. The highest BCUT2D eigenvalue weighted by Crippen LogP contribution is 2.31. The standard InChI is InChI=1S/C10H18O3/c1-7-4-3-5-9(8(7)2)13-6-10(11)12/h7-9H,3-6H2,1-2H3,(H,11,12). The van der Waals surface area contributed by atoms with Gasteiger partial charge in [-0.15, -0.1) is 0 Å². The summed E-state index contributed by atoms with van der Waals surface area (Å²) in [6.07, 6.45) is 3.57. The molecule has 3 atom stereocenters. The normalized spacial score (nSPS) is 34.5. The minimum absolute atomic E-state index is 0.151. The maximum Gasteiger partial charge on any atom is 0.329 e. The summed E-state index contributed by atoms with van der Waals surface area (Å²) in [5.41, 5.74) is 0. The largest absolute Gasteiger partial charge is 0.480 e. The summed E-state index contributed by atoms with van der Waals surface area (Å²) < 4.78 is 5.33. The van der Waals surface area contributed by atoms with Gasteiger partial charge >= 0.3 is 5.97 Å². The SMILES string of the molecule is CC1CCCC(OCC(=O)O)C1C. The van der Waals surface area contributed by atoms with E-state index >= 15 is 0 Å². The molecular formula is C10H18O3. The molecule has 1 saturated carbocycles. The zero-order valence-electron chi connectivity index (χ0n) is 8.32. The molecule has 1 rings (SSSR count). The van der Waals surface area contributed by atoms with Gasteiger partial charge < -0.3 is 9.84 Å². The molecule has 3 nitrogen and oxygen atoms in total. The van der Waals surface area contributed by atoms with Crippen LogP contribution in [0.5, 0.6) is 0 Å². The second kappa shape index (κ2) is 4.61. The van der Waals surface area contributed by atoms with E-state index in [-0.39, 0.29) is 12.7 Å². The van der Waals surface area contributed by atoms with Crippen LogP contribution >= 0.6 is 0 Å². The first-order valence-electron chi connectivity index (χ1n) is 4.94. The monoisotopic (exact) mass is 186 g/mol. The van der Waals surface area contributed by atoms with Crippen molar-refractivity contribution in [3.63, 3.8) is 0 Å². The van der Waals surface area contributed by atoms with Gasteiger partial charge in [0.05, 0.1) is 6.10 Å². The zero-order valence-corrected chi connectivity index (χ0v) is 8.32. The molecule has 1 N–H and O–H groups in total. The molecule has 3 heteroatoms. The summed E-state index contributed by atoms with van der Waals surface area (Å²) in [6, 6.07) is 0. The Bertz CT molecular complexity index is 179. The molecule has 0 aromatic carbocycles. The first-order valence-corrected chi connectivity index (χ1v) is 4.94. The third-order valence-corrected chi connectivity index (χ3v) is 3.05. The molecule has 1 aliphatic rings. The van der Waals surface area contributed by atoms with Crippen LogP contribution in [-0.4, -0.2) is 23.8 Å². The molecule has 0 spiro atoms. The van der Waals surface area contributed by atoms with Crippen LogP contribution in [0.25, 0.3) is 0 Å². The van der Waals surface area contributed by atoms with Gasteiger partial charge in [-0.05, 0) is 18.3 Å². The van der Waals surface area contributed by atoms with Gasteiger partial charge in [0.25, 0.3) is 0 Å². The lowest BCUT2D eigenvalue weighted by Crippen LogP contribution is -2.32. The maximum atomic E-state index is 10.3. The average Bonchev–Trinajstić information content (AvgIpc) is 2.07. The Labute approximate surface area is 79.1 Å². The van der Waals surface area contributed by atoms with Gasteiger partial charge in [-0.1, -0.05) is 26.7 Å². The van der Waals surface area contributed by atoms with E-state index < -0.39 is 5.97 Å². The molecule has 1 aliphatic carbocycles. The number of carbonyl (C=O) groups is 1. The third-order valence-electron chi connectivity index (χ3n) is 3.05. The lowest BCUT2D eigenvalue weighted by Gasteiger charge is -2.33. The minimum Gasteiger partial charge on any atom is -0.480 e. The Morgan fingerprint density at radius 1 is 1.46 bits per heavy atom. The first-order chi connectivity index (χ1) is 6.11. The van der Waals surface area contributed by atoms with E-state index in [0.717, 1.165) is 12.8 Å². The molecular weight excluding hydrogens is 168 g/mol. The fourth-order valence-electron chi connectivity index (χ4n) is 1.95. The Morgan fingerprint density at radius 2 is 2.15 bits per heavy atom. The zero-order chi connectivity index (χ0) is 9.84. The lowest BCUT2D eigenvalue weighted by molar-refractivity contribution is -0.146. The molecule has 0 bridgehead atoms. The molecule has 1 fully saturated rings. The summed E-state index contributed by atoms with van der Waals surface area (Å²) in [7, 11) is 0. The molecule has 13 heavy (non-hydrogen) atoms. The Kier molecular flexibility index (Phi) is 3.72. The Morgan fingerprint density at radius 3 is 2.77 bits per heavy atom. The first kappa shape index (κ1) is 10.5. The van der Waals surface area contributed by atoms with E-state index in [2.05, 4.69) is 13.8 Å². The highest BCUT2D eigenvalue weighted by molar-refractivity contribution is 5.68. The summed E-state index contributed by atoms with van der Waals surface area (Å²) >= 11 is 0. The van der Waals surface area contributed by atoms with Gasteiger partial charge in [0.2, 0.25) is 0 Å². The van der Waals surface area contributed by atoms with Crippen LogP contribution in [0.3, 0.4) is 0 Å². The molecule has 0 saturated heterocycles. The second-order valence-corrected chi connectivity index (χ2v) is 4.01. The molecule has 0 radical (unpaired) electrons. The van der Waals surface area contributed by atoms with Crippen molar-refractivity contribution in [1.29, 1.82) is 0 Å². The van der Waals surface area contributed by atoms with Crippen molar-refractivity contribution < 1.29 is 14.6 Å². The predicted octanol–water partition coefficient (Wildman–Crippen LogP) is 1.91. The van der Waals surface area contributed by atoms with Gasteiger partial charge in [-0.2, -0.15) is 0 Å². The Balaban J connectivity index is 2.35. The number of rotatable bonds is 3. The van der Waals surface area contributed by atoms with Crippen molar-refractivity contribution in [2.45, 2.75) is 39.2 Å². The topological polar surface area (TPSA) is 46.5 Å². The quantitative estimate of drug-likeness (QED) is 0.732. The minimum atomic E-state index is -0.870. The van der Waals surface area contributed by atoms with Crippen molar-refractivity contribution in [3.05, 3.63) is 0 Å². The van der Waals surface area contributed by atoms with Crippen molar-refractivity contribution in [2.24, 2.45) is 11.8 Å². The van der Waals surface area contributed by atoms with E-state index in [1.54, 1.807) is 0 Å². The number of ether oxygens (including phenoxy) is 1. The van der Waals surface area contributed by atoms with Crippen LogP contribution in [0.4, 0.5) is 0 Å². The molecule has 3 unspecified atom stereocenters. The van der Waals surface area contributed by atoms with Crippen molar-refractivity contribution in [2.75, 3.05) is 6.61 Å². The van der Waals surface area contributed by atoms with Crippen LogP contribution in [-0.2, 0) is 9.53 Å². The number of aliphatic carboxylic acids is 1. The molecule has 0 amide bonds. The van der Waals surface area contributed by atoms with Crippen LogP contribution in [0.2, 0.25) is 0 Å². The van der Waals surface area contributed by atoms with E-state index in [1.807, 2.05) is 0 Å². The van der Waals surface area contributed by atoms with E-state index in [0.29, 0.717) is 11.8 Å². The van der Waals surface area contributed by atoms with E-state index in [9.17, 15) is 4.79 Å². The third kappa shape index (κ3) is 2.99. The highest BCUT2D eigenvalue weighted by Gasteiger charge is 2.27. The van der Waals surface area contributed by atoms with Gasteiger partial charge in [0.15, 0.2) is 0 Å². The van der Waals surface area contributed by atoms with Crippen molar-refractivity contribution in [3.8, 4) is 0 Å². The van der Waals surface area contributed by atoms with Crippen LogP contribution < -0.4 is 0 Å². The van der Waals surface area contributed by atoms with E-state index in [1.165, 1.54) is 6.42 Å². The van der Waals surface area contributed by atoms with Crippen LogP contribution in [0, 0.1) is 11.8 Å². The fraction of sp³-hybridized carbons (Fsp3) is 0.900. The number of carboxylic acid groups (broad SMARTS) is 1. The fourth-order valence-corrected chi connectivity index (χ4v) is 1.95. The summed E-state index contributed by atoms with van der Waals surface area (Å²) in [5.74, 6) is 0.283. The summed E-state index contributed by atoms with van der Waals surface area (Å²) in [6.45, 7) is 4.21. The maximum absolute atomic E-state index is 10.3. The van der Waals surface area contributed by atoms with Crippen molar-refractivity contribution in [1.82, 2.24) is 0 Å². The summed E-state index contributed by atoms with van der Waals surface area (Å²) in [4.78, 5) is 10.3. The predicted molar refractivity (Wildman–Crippen MR) is 49.6 cm³/mol. The lowest BCUT2D eigenvalue weighted by atomic mass is 9.79. The molecule has 0 aromatic heterocycles. The van der Waals surface area contributed by atoms with Crippen LogP contribution in [0.15, 0.2) is 0 Å². The van der Waals surface area contributed by atoms with Gasteiger partial charge in [0, 0.05) is 0 Å². The smallest absolute Gasteiger partial charge is 0.329 e. The van der Waals surface area contributed by atoms with Gasteiger partial charge in [0.1, 0.15) is 6.61 Å². The average molecular weight is 186 g/mol. The highest BCUT2D eigenvalue weighted by atomic mass is 16.5. The number of carboxylic acids is 1.